The number of allylic oxidation sites excluding steroid dienone is 1. The summed E-state index contributed by atoms with van der Waals surface area (Å²) < 4.78 is 20.3. The van der Waals surface area contributed by atoms with Gasteiger partial charge in [-0.25, -0.2) is 0 Å². The number of rotatable bonds is 9. The molecule has 1 unspecified atom stereocenters. The lowest BCUT2D eigenvalue weighted by Gasteiger charge is -2.13. The van der Waals surface area contributed by atoms with Crippen LogP contribution in [0.5, 0.6) is 17.2 Å². The van der Waals surface area contributed by atoms with Crippen molar-refractivity contribution in [1.29, 1.82) is 0 Å². The highest BCUT2D eigenvalue weighted by Crippen LogP contribution is 2.32. The zero-order valence-electron chi connectivity index (χ0n) is 17.0. The van der Waals surface area contributed by atoms with Gasteiger partial charge in [-0.2, -0.15) is 0 Å². The van der Waals surface area contributed by atoms with E-state index in [2.05, 4.69) is 9.47 Å². The number of ether oxygens (including phenoxy) is 4. The summed E-state index contributed by atoms with van der Waals surface area (Å²) in [5.74, 6) is -2.92. The van der Waals surface area contributed by atoms with E-state index in [9.17, 15) is 14.4 Å². The molecule has 0 aromatic heterocycles. The van der Waals surface area contributed by atoms with E-state index in [0.29, 0.717) is 27.3 Å². The normalized spacial score (nSPS) is 11.8. The lowest BCUT2D eigenvalue weighted by molar-refractivity contribution is -0.160. The largest absolute Gasteiger partial charge is 0.487 e. The van der Waals surface area contributed by atoms with Gasteiger partial charge in [-0.15, -0.1) is 0 Å². The molecule has 0 saturated heterocycles. The van der Waals surface area contributed by atoms with Gasteiger partial charge in [-0.3, -0.25) is 14.4 Å². The molecule has 0 aliphatic carbocycles. The van der Waals surface area contributed by atoms with E-state index in [4.69, 9.17) is 32.7 Å². The van der Waals surface area contributed by atoms with Crippen LogP contribution in [0.3, 0.4) is 0 Å². The quantitative estimate of drug-likeness (QED) is 0.302. The van der Waals surface area contributed by atoms with Crippen molar-refractivity contribution in [2.45, 2.75) is 13.0 Å². The Hall–Kier alpha value is -3.03. The Labute approximate surface area is 189 Å². The molecule has 9 heteroatoms. The Morgan fingerprint density at radius 2 is 1.48 bits per heavy atom. The standard InChI is InChI=1S/C22H20Cl2O7/c1-13(4-10-18(25)20(21(26)28-2)22(27)29-3)30-15-6-8-16(9-7-15)31-19-11-5-14(23)12-17(19)24/h4-13,20H,1-3H3. The molecule has 0 N–H and O–H groups in total. The van der Waals surface area contributed by atoms with E-state index in [1.807, 2.05) is 0 Å². The van der Waals surface area contributed by atoms with Gasteiger partial charge in [-0.05, 0) is 61.5 Å². The lowest BCUT2D eigenvalue weighted by Crippen LogP contribution is -2.33. The van der Waals surface area contributed by atoms with Gasteiger partial charge in [0.1, 0.15) is 23.4 Å². The number of ketones is 1. The average Bonchev–Trinajstić information content (AvgIpc) is 2.75. The number of esters is 2. The molecule has 0 radical (unpaired) electrons. The summed E-state index contributed by atoms with van der Waals surface area (Å²) in [4.78, 5) is 35.5. The van der Waals surface area contributed by atoms with Gasteiger partial charge in [0.05, 0.1) is 19.2 Å². The number of carbonyl (C=O) groups is 3. The maximum atomic E-state index is 12.2. The predicted molar refractivity (Wildman–Crippen MR) is 115 cm³/mol. The highest BCUT2D eigenvalue weighted by molar-refractivity contribution is 6.35. The van der Waals surface area contributed by atoms with E-state index >= 15 is 0 Å². The molecule has 2 aromatic rings. The third-order valence-corrected chi connectivity index (χ3v) is 4.49. The van der Waals surface area contributed by atoms with Crippen molar-refractivity contribution < 1.29 is 33.3 Å². The average molecular weight is 467 g/mol. The topological polar surface area (TPSA) is 88.1 Å². The van der Waals surface area contributed by atoms with Crippen molar-refractivity contribution in [1.82, 2.24) is 0 Å². The summed E-state index contributed by atoms with van der Waals surface area (Å²) in [5.41, 5.74) is 0. The van der Waals surface area contributed by atoms with Crippen LogP contribution in [-0.2, 0) is 23.9 Å². The second kappa shape index (κ2) is 11.4. The SMILES string of the molecule is COC(=O)C(C(=O)C=CC(C)Oc1ccc(Oc2ccc(Cl)cc2Cl)cc1)C(=O)OC. The number of benzene rings is 2. The first-order valence-corrected chi connectivity index (χ1v) is 9.78. The number of hydrogen-bond acceptors (Lipinski definition) is 7. The van der Waals surface area contributed by atoms with Crippen LogP contribution in [0.15, 0.2) is 54.6 Å². The maximum Gasteiger partial charge on any atom is 0.328 e. The number of carbonyl (C=O) groups excluding carboxylic acids is 3. The fourth-order valence-corrected chi connectivity index (χ4v) is 2.86. The minimum Gasteiger partial charge on any atom is -0.487 e. The fourth-order valence-electron chi connectivity index (χ4n) is 2.42. The zero-order chi connectivity index (χ0) is 23.0. The minimum absolute atomic E-state index is 0.383. The van der Waals surface area contributed by atoms with Gasteiger partial charge >= 0.3 is 11.9 Å². The molecule has 31 heavy (non-hydrogen) atoms. The van der Waals surface area contributed by atoms with E-state index < -0.39 is 29.7 Å². The molecule has 0 fully saturated rings. The first-order chi connectivity index (χ1) is 14.7. The molecule has 0 aliphatic rings. The van der Waals surface area contributed by atoms with Crippen LogP contribution in [0.1, 0.15) is 6.92 Å². The lowest BCUT2D eigenvalue weighted by atomic mass is 10.0. The molecule has 2 rings (SSSR count). The summed E-state index contributed by atoms with van der Waals surface area (Å²) in [6.07, 6.45) is 1.97. The van der Waals surface area contributed by atoms with Gasteiger partial charge < -0.3 is 18.9 Å². The number of methoxy groups -OCH3 is 2. The Morgan fingerprint density at radius 3 is 2.03 bits per heavy atom. The second-order valence-corrected chi connectivity index (χ2v) is 7.06. The molecule has 0 heterocycles. The van der Waals surface area contributed by atoms with Crippen LogP contribution in [-0.4, -0.2) is 38.0 Å². The van der Waals surface area contributed by atoms with Gasteiger partial charge in [-0.1, -0.05) is 23.2 Å². The third-order valence-electron chi connectivity index (χ3n) is 3.96. The summed E-state index contributed by atoms with van der Waals surface area (Å²) in [6.45, 7) is 1.69. The number of halogens is 2. The van der Waals surface area contributed by atoms with Crippen molar-refractivity contribution in [3.05, 3.63) is 64.7 Å². The van der Waals surface area contributed by atoms with Crippen LogP contribution in [0, 0.1) is 5.92 Å². The summed E-state index contributed by atoms with van der Waals surface area (Å²) in [6, 6.07) is 11.6. The predicted octanol–water partition coefficient (Wildman–Crippen LogP) is 4.64. The van der Waals surface area contributed by atoms with E-state index in [1.54, 1.807) is 49.4 Å². The van der Waals surface area contributed by atoms with Crippen LogP contribution < -0.4 is 9.47 Å². The molecule has 0 saturated carbocycles. The molecular formula is C22H20Cl2O7. The van der Waals surface area contributed by atoms with Gasteiger partial charge in [0.25, 0.3) is 0 Å². The first kappa shape index (κ1) is 24.2. The summed E-state index contributed by atoms with van der Waals surface area (Å²) >= 11 is 12.0. The van der Waals surface area contributed by atoms with Crippen molar-refractivity contribution in [2.75, 3.05) is 14.2 Å². The van der Waals surface area contributed by atoms with Crippen LogP contribution in [0.2, 0.25) is 10.0 Å². The highest BCUT2D eigenvalue weighted by Gasteiger charge is 2.34. The Balaban J connectivity index is 1.98. The highest BCUT2D eigenvalue weighted by atomic mass is 35.5. The molecule has 164 valence electrons. The maximum absolute atomic E-state index is 12.2. The molecule has 2 aromatic carbocycles. The van der Waals surface area contributed by atoms with Crippen LogP contribution >= 0.6 is 23.2 Å². The fraction of sp³-hybridized carbons (Fsp3) is 0.227. The minimum atomic E-state index is -1.67. The monoisotopic (exact) mass is 466 g/mol. The molecular weight excluding hydrogens is 447 g/mol. The second-order valence-electron chi connectivity index (χ2n) is 6.21. The zero-order valence-corrected chi connectivity index (χ0v) is 18.5. The smallest absolute Gasteiger partial charge is 0.328 e. The molecule has 7 nitrogen and oxygen atoms in total. The van der Waals surface area contributed by atoms with Crippen LogP contribution in [0.25, 0.3) is 0 Å². The molecule has 1 atom stereocenters. The van der Waals surface area contributed by atoms with Crippen molar-refractivity contribution in [3.63, 3.8) is 0 Å². The van der Waals surface area contributed by atoms with Crippen molar-refractivity contribution in [3.8, 4) is 17.2 Å². The van der Waals surface area contributed by atoms with Crippen molar-refractivity contribution in [2.24, 2.45) is 5.92 Å². The summed E-state index contributed by atoms with van der Waals surface area (Å²) in [7, 11) is 2.16. The number of hydrogen-bond donors (Lipinski definition) is 0. The van der Waals surface area contributed by atoms with Gasteiger partial charge in [0, 0.05) is 5.02 Å². The van der Waals surface area contributed by atoms with Gasteiger partial charge in [0.15, 0.2) is 5.78 Å². The summed E-state index contributed by atoms with van der Waals surface area (Å²) in [5, 5.41) is 0.889. The molecule has 0 aliphatic heterocycles. The first-order valence-electron chi connectivity index (χ1n) is 9.02. The Kier molecular flexibility index (Phi) is 8.90. The Morgan fingerprint density at radius 1 is 0.903 bits per heavy atom. The third kappa shape index (κ3) is 7.01. The van der Waals surface area contributed by atoms with Gasteiger partial charge in [0.2, 0.25) is 5.92 Å². The van der Waals surface area contributed by atoms with Crippen molar-refractivity contribution >= 4 is 40.9 Å². The molecule has 0 amide bonds. The van der Waals surface area contributed by atoms with Crippen LogP contribution in [0.4, 0.5) is 0 Å². The van der Waals surface area contributed by atoms with E-state index in [1.165, 1.54) is 6.08 Å². The molecule has 0 bridgehead atoms. The molecule has 0 spiro atoms. The van der Waals surface area contributed by atoms with E-state index in [-0.39, 0.29) is 0 Å². The Bertz CT molecular complexity index is 954. The van der Waals surface area contributed by atoms with E-state index in [0.717, 1.165) is 20.3 Å².